The zero-order valence-electron chi connectivity index (χ0n) is 16.6. The van der Waals surface area contributed by atoms with E-state index in [1.807, 2.05) is 13.1 Å². The summed E-state index contributed by atoms with van der Waals surface area (Å²) in [5.74, 6) is 1.20. The zero-order chi connectivity index (χ0) is 19.0. The highest BCUT2D eigenvalue weighted by Gasteiger charge is 2.28. The van der Waals surface area contributed by atoms with E-state index >= 15 is 0 Å². The van der Waals surface area contributed by atoms with Gasteiger partial charge in [0.2, 0.25) is 5.71 Å². The van der Waals surface area contributed by atoms with Crippen LogP contribution in [0.25, 0.3) is 11.2 Å². The van der Waals surface area contributed by atoms with Crippen LogP contribution >= 0.6 is 0 Å². The van der Waals surface area contributed by atoms with Crippen molar-refractivity contribution >= 4 is 11.2 Å². The Balaban J connectivity index is 1.59. The van der Waals surface area contributed by atoms with Crippen LogP contribution in [0.1, 0.15) is 48.4 Å². The number of fused-ring (bicyclic) bond motifs is 1. The lowest BCUT2D eigenvalue weighted by Crippen LogP contribution is -2.46. The third-order valence-corrected chi connectivity index (χ3v) is 5.59. The standard InChI is InChI=1S/C22H28N4O/c1-15(2)18-7-5-6-8-19(18)20-14-26(12-11-25(20)4)13-17-9-10-23-22-21(17)24-16(3)27-22/h5-10,15,20H,11-14H2,1-4H3. The van der Waals surface area contributed by atoms with Gasteiger partial charge in [-0.2, -0.15) is 0 Å². The summed E-state index contributed by atoms with van der Waals surface area (Å²) >= 11 is 0. The van der Waals surface area contributed by atoms with E-state index in [1.165, 1.54) is 16.7 Å². The van der Waals surface area contributed by atoms with Crippen molar-refractivity contribution in [3.8, 4) is 0 Å². The molecule has 0 N–H and O–H groups in total. The minimum Gasteiger partial charge on any atom is -0.423 e. The van der Waals surface area contributed by atoms with E-state index in [4.69, 9.17) is 4.42 Å². The molecule has 1 aliphatic rings. The molecule has 0 amide bonds. The van der Waals surface area contributed by atoms with Crippen LogP contribution in [-0.2, 0) is 6.54 Å². The molecule has 1 unspecified atom stereocenters. The molecule has 27 heavy (non-hydrogen) atoms. The Labute approximate surface area is 161 Å². The number of hydrogen-bond acceptors (Lipinski definition) is 5. The van der Waals surface area contributed by atoms with Crippen LogP contribution in [0.4, 0.5) is 0 Å². The third kappa shape index (κ3) is 3.62. The minimum atomic E-state index is 0.411. The van der Waals surface area contributed by atoms with Crippen molar-refractivity contribution in [2.45, 2.75) is 39.3 Å². The highest BCUT2D eigenvalue weighted by molar-refractivity contribution is 5.72. The maximum atomic E-state index is 5.60. The summed E-state index contributed by atoms with van der Waals surface area (Å²) < 4.78 is 5.60. The summed E-state index contributed by atoms with van der Waals surface area (Å²) in [6.07, 6.45) is 1.82. The van der Waals surface area contributed by atoms with Crippen LogP contribution < -0.4 is 0 Å². The van der Waals surface area contributed by atoms with Gasteiger partial charge in [-0.1, -0.05) is 38.1 Å². The second kappa shape index (κ2) is 7.41. The number of nitrogens with zero attached hydrogens (tertiary/aromatic N) is 4. The molecule has 3 heterocycles. The molecule has 1 atom stereocenters. The Morgan fingerprint density at radius 3 is 2.81 bits per heavy atom. The lowest BCUT2D eigenvalue weighted by Gasteiger charge is -2.40. The van der Waals surface area contributed by atoms with Crippen molar-refractivity contribution in [2.24, 2.45) is 0 Å². The highest BCUT2D eigenvalue weighted by atomic mass is 16.4. The first-order valence-electron chi connectivity index (χ1n) is 9.75. The summed E-state index contributed by atoms with van der Waals surface area (Å²) in [6.45, 7) is 10.4. The predicted octanol–water partition coefficient (Wildman–Crippen LogP) is 4.14. The van der Waals surface area contributed by atoms with Crippen LogP contribution in [0, 0.1) is 6.92 Å². The van der Waals surface area contributed by atoms with Crippen LogP contribution in [0.2, 0.25) is 0 Å². The summed E-state index contributed by atoms with van der Waals surface area (Å²) in [5, 5.41) is 0. The summed E-state index contributed by atoms with van der Waals surface area (Å²) in [7, 11) is 2.24. The van der Waals surface area contributed by atoms with Crippen molar-refractivity contribution in [3.05, 3.63) is 59.1 Å². The fraction of sp³-hybridized carbons (Fsp3) is 0.455. The number of benzene rings is 1. The first-order chi connectivity index (χ1) is 13.0. The summed E-state index contributed by atoms with van der Waals surface area (Å²) in [5.41, 5.74) is 5.64. The SMILES string of the molecule is Cc1nc2c(CN3CCN(C)C(c4ccccc4C(C)C)C3)ccnc2o1. The molecular weight excluding hydrogens is 336 g/mol. The maximum absolute atomic E-state index is 5.60. The van der Waals surface area contributed by atoms with Gasteiger partial charge >= 0.3 is 0 Å². The fourth-order valence-electron chi connectivity index (χ4n) is 4.11. The largest absolute Gasteiger partial charge is 0.423 e. The highest BCUT2D eigenvalue weighted by Crippen LogP contribution is 2.31. The molecule has 4 rings (SSSR count). The second-order valence-electron chi connectivity index (χ2n) is 7.87. The Hall–Kier alpha value is -2.24. The monoisotopic (exact) mass is 364 g/mol. The molecule has 0 saturated carbocycles. The molecule has 142 valence electrons. The van der Waals surface area contributed by atoms with Crippen LogP contribution in [0.5, 0.6) is 0 Å². The normalized spacial score (nSPS) is 19.2. The molecule has 0 bridgehead atoms. The Morgan fingerprint density at radius 1 is 1.19 bits per heavy atom. The third-order valence-electron chi connectivity index (χ3n) is 5.59. The van der Waals surface area contributed by atoms with Crippen molar-refractivity contribution in [1.82, 2.24) is 19.8 Å². The number of hydrogen-bond donors (Lipinski definition) is 0. The van der Waals surface area contributed by atoms with E-state index in [9.17, 15) is 0 Å². The lowest BCUT2D eigenvalue weighted by molar-refractivity contribution is 0.0901. The van der Waals surface area contributed by atoms with Crippen LogP contribution in [0.15, 0.2) is 40.9 Å². The second-order valence-corrected chi connectivity index (χ2v) is 7.87. The lowest BCUT2D eigenvalue weighted by atomic mass is 9.91. The van der Waals surface area contributed by atoms with Gasteiger partial charge in [-0.3, -0.25) is 9.80 Å². The van der Waals surface area contributed by atoms with Crippen molar-refractivity contribution in [2.75, 3.05) is 26.7 Å². The fourth-order valence-corrected chi connectivity index (χ4v) is 4.11. The molecule has 1 aromatic carbocycles. The average molecular weight is 364 g/mol. The number of aromatic nitrogens is 2. The molecule has 3 aromatic rings. The van der Waals surface area contributed by atoms with Gasteiger partial charge in [0.25, 0.3) is 0 Å². The predicted molar refractivity (Wildman–Crippen MR) is 108 cm³/mol. The number of aryl methyl sites for hydroxylation is 1. The van der Waals surface area contributed by atoms with Gasteiger partial charge in [0.15, 0.2) is 5.89 Å². The Bertz CT molecular complexity index is 933. The summed E-state index contributed by atoms with van der Waals surface area (Å²) in [4.78, 5) is 13.9. The van der Waals surface area contributed by atoms with Crippen LogP contribution in [-0.4, -0.2) is 46.4 Å². The number of rotatable bonds is 4. The van der Waals surface area contributed by atoms with E-state index < -0.39 is 0 Å². The van der Waals surface area contributed by atoms with Gasteiger partial charge in [0.1, 0.15) is 5.52 Å². The molecule has 5 nitrogen and oxygen atoms in total. The van der Waals surface area contributed by atoms with Crippen molar-refractivity contribution in [1.29, 1.82) is 0 Å². The Morgan fingerprint density at radius 2 is 2.00 bits per heavy atom. The van der Waals surface area contributed by atoms with E-state index in [1.54, 1.807) is 0 Å². The molecule has 0 radical (unpaired) electrons. The van der Waals surface area contributed by atoms with Crippen molar-refractivity contribution < 1.29 is 4.42 Å². The van der Waals surface area contributed by atoms with Gasteiger partial charge < -0.3 is 4.42 Å². The number of likely N-dealkylation sites (N-methyl/N-ethyl adjacent to an activating group) is 1. The first-order valence-corrected chi connectivity index (χ1v) is 9.75. The molecule has 0 spiro atoms. The number of pyridine rings is 1. The molecule has 1 fully saturated rings. The Kier molecular flexibility index (Phi) is 4.98. The van der Waals surface area contributed by atoms with Crippen molar-refractivity contribution in [3.63, 3.8) is 0 Å². The topological polar surface area (TPSA) is 45.4 Å². The van der Waals surface area contributed by atoms with E-state index in [-0.39, 0.29) is 0 Å². The molecule has 5 heteroatoms. The van der Waals surface area contributed by atoms with Crippen LogP contribution in [0.3, 0.4) is 0 Å². The smallest absolute Gasteiger partial charge is 0.247 e. The van der Waals surface area contributed by atoms with E-state index in [2.05, 4.69) is 71.0 Å². The maximum Gasteiger partial charge on any atom is 0.247 e. The van der Waals surface area contributed by atoms with Gasteiger partial charge in [-0.25, -0.2) is 9.97 Å². The molecule has 1 saturated heterocycles. The molecule has 2 aromatic heterocycles. The molecule has 0 aliphatic carbocycles. The minimum absolute atomic E-state index is 0.411. The number of oxazole rings is 1. The van der Waals surface area contributed by atoms with Gasteiger partial charge in [0, 0.05) is 45.3 Å². The molecular formula is C22H28N4O. The van der Waals surface area contributed by atoms with E-state index in [0.29, 0.717) is 23.6 Å². The summed E-state index contributed by atoms with van der Waals surface area (Å²) in [6, 6.07) is 11.4. The quantitative estimate of drug-likeness (QED) is 0.696. The van der Waals surface area contributed by atoms with Gasteiger partial charge in [0.05, 0.1) is 0 Å². The number of piperazine rings is 1. The van der Waals surface area contributed by atoms with Gasteiger partial charge in [-0.05, 0) is 35.7 Å². The molecule has 1 aliphatic heterocycles. The average Bonchev–Trinajstić information content (AvgIpc) is 3.04. The van der Waals surface area contributed by atoms with E-state index in [0.717, 1.165) is 31.7 Å². The zero-order valence-corrected chi connectivity index (χ0v) is 16.6. The first kappa shape index (κ1) is 18.1. The van der Waals surface area contributed by atoms with Gasteiger partial charge in [-0.15, -0.1) is 0 Å².